The fourth-order valence-electron chi connectivity index (χ4n) is 2.40. The maximum atomic E-state index is 12.2. The summed E-state index contributed by atoms with van der Waals surface area (Å²) in [7, 11) is 4.00. The van der Waals surface area contributed by atoms with Crippen LogP contribution in [-0.4, -0.2) is 50.7 Å². The monoisotopic (exact) mass is 418 g/mol. The van der Waals surface area contributed by atoms with Crippen LogP contribution in [0.5, 0.6) is 11.5 Å². The summed E-state index contributed by atoms with van der Waals surface area (Å²) in [6.45, 7) is -0.663. The quantitative estimate of drug-likeness (QED) is 0.387. The predicted octanol–water partition coefficient (Wildman–Crippen LogP) is 2.19. The number of methoxy groups -OCH3 is 3. The van der Waals surface area contributed by atoms with Gasteiger partial charge in [0.05, 0.1) is 37.4 Å². The van der Waals surface area contributed by atoms with Crippen LogP contribution in [-0.2, 0) is 14.3 Å². The van der Waals surface area contributed by atoms with Crippen molar-refractivity contribution in [3.63, 3.8) is 0 Å². The molecule has 0 radical (unpaired) electrons. The second kappa shape index (κ2) is 9.87. The number of benzene rings is 2. The first-order chi connectivity index (χ1) is 14.3. The van der Waals surface area contributed by atoms with Crippen LogP contribution in [0.2, 0.25) is 0 Å². The van der Waals surface area contributed by atoms with Crippen LogP contribution in [0.15, 0.2) is 36.4 Å². The molecule has 0 bridgehead atoms. The zero-order valence-electron chi connectivity index (χ0n) is 16.3. The lowest BCUT2D eigenvalue weighted by atomic mass is 10.1. The number of non-ortho nitro benzene ring substituents is 1. The topological polar surface area (TPSA) is 143 Å². The molecule has 0 aliphatic rings. The molecule has 0 aromatic heterocycles. The van der Waals surface area contributed by atoms with Crippen molar-refractivity contribution in [2.45, 2.75) is 0 Å². The Morgan fingerprint density at radius 3 is 2.13 bits per heavy atom. The lowest BCUT2D eigenvalue weighted by Gasteiger charge is -2.11. The van der Waals surface area contributed by atoms with E-state index in [1.807, 2.05) is 0 Å². The SMILES string of the molecule is COC(=O)c1cc(C(=O)OCC(=O)Nc2ccc(OC)c(OC)c2)cc([N+](=O)[O-])c1. The van der Waals surface area contributed by atoms with Crippen molar-refractivity contribution in [3.05, 3.63) is 57.6 Å². The number of ether oxygens (including phenoxy) is 4. The molecule has 1 amide bonds. The van der Waals surface area contributed by atoms with E-state index in [0.717, 1.165) is 25.3 Å². The normalized spacial score (nSPS) is 9.97. The summed E-state index contributed by atoms with van der Waals surface area (Å²) < 4.78 is 19.6. The van der Waals surface area contributed by atoms with Crippen LogP contribution in [0, 0.1) is 10.1 Å². The third-order valence-electron chi connectivity index (χ3n) is 3.79. The van der Waals surface area contributed by atoms with Crippen molar-refractivity contribution < 1.29 is 38.3 Å². The maximum Gasteiger partial charge on any atom is 0.338 e. The van der Waals surface area contributed by atoms with Crippen LogP contribution in [0.4, 0.5) is 11.4 Å². The number of nitrogens with zero attached hydrogens (tertiary/aromatic N) is 1. The summed E-state index contributed by atoms with van der Waals surface area (Å²) in [4.78, 5) is 46.2. The molecular formula is C19H18N2O9. The molecule has 0 atom stereocenters. The van der Waals surface area contributed by atoms with Gasteiger partial charge >= 0.3 is 11.9 Å². The predicted molar refractivity (Wildman–Crippen MR) is 103 cm³/mol. The number of rotatable bonds is 8. The molecular weight excluding hydrogens is 400 g/mol. The molecule has 2 aromatic carbocycles. The molecule has 0 spiro atoms. The Morgan fingerprint density at radius 2 is 1.57 bits per heavy atom. The standard InChI is InChI=1S/C19H18N2O9/c1-27-15-5-4-13(9-16(15)28-2)20-17(22)10-30-19(24)12-6-11(18(23)29-3)7-14(8-12)21(25)26/h4-9H,10H2,1-3H3,(H,20,22). The smallest absolute Gasteiger partial charge is 0.338 e. The number of nitro benzene ring substituents is 1. The van der Waals surface area contributed by atoms with Crippen LogP contribution < -0.4 is 14.8 Å². The largest absolute Gasteiger partial charge is 0.493 e. The average Bonchev–Trinajstić information content (AvgIpc) is 2.76. The third-order valence-corrected chi connectivity index (χ3v) is 3.79. The van der Waals surface area contributed by atoms with Crippen molar-refractivity contribution in [2.75, 3.05) is 33.3 Å². The van der Waals surface area contributed by atoms with Crippen molar-refractivity contribution in [1.82, 2.24) is 0 Å². The summed E-state index contributed by atoms with van der Waals surface area (Å²) in [6.07, 6.45) is 0. The number of hydrogen-bond donors (Lipinski definition) is 1. The van der Waals surface area contributed by atoms with Gasteiger partial charge in [-0.2, -0.15) is 0 Å². The second-order valence-corrected chi connectivity index (χ2v) is 5.71. The van der Waals surface area contributed by atoms with Gasteiger partial charge in [-0.3, -0.25) is 14.9 Å². The third kappa shape index (κ3) is 5.44. The zero-order valence-corrected chi connectivity index (χ0v) is 16.3. The van der Waals surface area contributed by atoms with Gasteiger partial charge in [0.2, 0.25) is 0 Å². The van der Waals surface area contributed by atoms with Gasteiger partial charge in [-0.05, 0) is 18.2 Å². The summed E-state index contributed by atoms with van der Waals surface area (Å²) >= 11 is 0. The molecule has 0 aliphatic carbocycles. The van der Waals surface area contributed by atoms with Crippen molar-refractivity contribution in [1.29, 1.82) is 0 Å². The van der Waals surface area contributed by atoms with Crippen LogP contribution in [0.25, 0.3) is 0 Å². The van der Waals surface area contributed by atoms with Crippen molar-refractivity contribution >= 4 is 29.2 Å². The molecule has 30 heavy (non-hydrogen) atoms. The zero-order chi connectivity index (χ0) is 22.3. The highest BCUT2D eigenvalue weighted by atomic mass is 16.6. The first kappa shape index (κ1) is 22.1. The summed E-state index contributed by atoms with van der Waals surface area (Å²) in [5.74, 6) is -1.69. The first-order valence-electron chi connectivity index (χ1n) is 8.35. The van der Waals surface area contributed by atoms with E-state index in [2.05, 4.69) is 10.1 Å². The number of nitro groups is 1. The number of anilines is 1. The first-order valence-corrected chi connectivity index (χ1v) is 8.35. The number of esters is 2. The van der Waals surface area contributed by atoms with E-state index in [4.69, 9.17) is 14.2 Å². The molecule has 0 unspecified atom stereocenters. The highest BCUT2D eigenvalue weighted by Gasteiger charge is 2.20. The fraction of sp³-hybridized carbons (Fsp3) is 0.211. The number of hydrogen-bond acceptors (Lipinski definition) is 9. The number of amides is 1. The Kier molecular flexibility index (Phi) is 7.28. The second-order valence-electron chi connectivity index (χ2n) is 5.71. The Labute approximate surface area is 170 Å². The van der Waals surface area contributed by atoms with Gasteiger partial charge in [0.25, 0.3) is 11.6 Å². The van der Waals surface area contributed by atoms with Crippen LogP contribution in [0.1, 0.15) is 20.7 Å². The molecule has 0 saturated heterocycles. The Hall–Kier alpha value is -4.15. The molecule has 158 valence electrons. The highest BCUT2D eigenvalue weighted by molar-refractivity contribution is 5.98. The molecule has 1 N–H and O–H groups in total. The van der Waals surface area contributed by atoms with Gasteiger partial charge in [0, 0.05) is 23.9 Å². The van der Waals surface area contributed by atoms with E-state index in [9.17, 15) is 24.5 Å². The van der Waals surface area contributed by atoms with Crippen LogP contribution in [0.3, 0.4) is 0 Å². The van der Waals surface area contributed by atoms with Gasteiger partial charge in [-0.15, -0.1) is 0 Å². The van der Waals surface area contributed by atoms with Crippen molar-refractivity contribution in [2.24, 2.45) is 0 Å². The van der Waals surface area contributed by atoms with Gasteiger partial charge in [0.15, 0.2) is 18.1 Å². The average molecular weight is 418 g/mol. The minimum Gasteiger partial charge on any atom is -0.493 e. The van der Waals surface area contributed by atoms with Gasteiger partial charge < -0.3 is 24.3 Å². The molecule has 0 aliphatic heterocycles. The Balaban J connectivity index is 2.08. The molecule has 0 fully saturated rings. The lowest BCUT2D eigenvalue weighted by molar-refractivity contribution is -0.384. The van der Waals surface area contributed by atoms with E-state index in [0.29, 0.717) is 17.2 Å². The lowest BCUT2D eigenvalue weighted by Crippen LogP contribution is -2.21. The number of carbonyl (C=O) groups excluding carboxylic acids is 3. The summed E-state index contributed by atoms with van der Waals surface area (Å²) in [6, 6.07) is 7.63. The molecule has 2 rings (SSSR count). The van der Waals surface area contributed by atoms with Gasteiger partial charge in [0.1, 0.15) is 0 Å². The molecule has 0 saturated carbocycles. The van der Waals surface area contributed by atoms with Gasteiger partial charge in [-0.1, -0.05) is 0 Å². The maximum absolute atomic E-state index is 12.2. The van der Waals surface area contributed by atoms with E-state index in [1.54, 1.807) is 12.1 Å². The fourth-order valence-corrected chi connectivity index (χ4v) is 2.40. The minimum absolute atomic E-state index is 0.201. The van der Waals surface area contributed by atoms with Crippen molar-refractivity contribution in [3.8, 4) is 11.5 Å². The van der Waals surface area contributed by atoms with E-state index < -0.39 is 35.1 Å². The summed E-state index contributed by atoms with van der Waals surface area (Å²) in [5.41, 5.74) is -0.603. The number of nitrogens with one attached hydrogen (secondary N) is 1. The molecule has 11 nitrogen and oxygen atoms in total. The Bertz CT molecular complexity index is 988. The van der Waals surface area contributed by atoms with E-state index in [1.165, 1.54) is 20.3 Å². The highest BCUT2D eigenvalue weighted by Crippen LogP contribution is 2.29. The summed E-state index contributed by atoms with van der Waals surface area (Å²) in [5, 5.41) is 13.5. The minimum atomic E-state index is -1.02. The Morgan fingerprint density at radius 1 is 0.933 bits per heavy atom. The van der Waals surface area contributed by atoms with Gasteiger partial charge in [-0.25, -0.2) is 9.59 Å². The molecule has 0 heterocycles. The van der Waals surface area contributed by atoms with E-state index >= 15 is 0 Å². The molecule has 11 heteroatoms. The van der Waals surface area contributed by atoms with E-state index in [-0.39, 0.29) is 11.1 Å². The molecule has 2 aromatic rings. The number of carbonyl (C=O) groups is 3. The van der Waals surface area contributed by atoms with Crippen LogP contribution >= 0.6 is 0 Å².